The molecule has 0 saturated carbocycles. The topological polar surface area (TPSA) is 4.93 Å². The van der Waals surface area contributed by atoms with Crippen LogP contribution in [0.15, 0.2) is 103 Å². The summed E-state index contributed by atoms with van der Waals surface area (Å²) in [4.78, 5) is 0. The van der Waals surface area contributed by atoms with E-state index in [0.717, 1.165) is 0 Å². The number of nitrogens with zero attached hydrogens (tertiary/aromatic N) is 1. The smallest absolute Gasteiger partial charge is 0.0541 e. The minimum Gasteiger partial charge on any atom is -0.309 e. The molecule has 170 valence electrons. The van der Waals surface area contributed by atoms with E-state index in [1.807, 2.05) is 0 Å². The van der Waals surface area contributed by atoms with Crippen molar-refractivity contribution in [2.45, 2.75) is 27.7 Å². The Hall–Kier alpha value is -4.10. The second-order valence-corrected chi connectivity index (χ2v) is 9.50. The van der Waals surface area contributed by atoms with Crippen molar-refractivity contribution in [1.82, 2.24) is 4.57 Å². The molecule has 0 N–H and O–H groups in total. The van der Waals surface area contributed by atoms with E-state index in [1.165, 1.54) is 72.0 Å². The molecule has 0 saturated heterocycles. The van der Waals surface area contributed by atoms with Crippen LogP contribution < -0.4 is 0 Å². The lowest BCUT2D eigenvalue weighted by Gasteiger charge is -2.24. The molecule has 0 bridgehead atoms. The van der Waals surface area contributed by atoms with Crippen molar-refractivity contribution in [3.8, 4) is 27.9 Å². The number of rotatable bonds is 3. The molecule has 6 rings (SSSR count). The van der Waals surface area contributed by atoms with E-state index in [1.54, 1.807) is 0 Å². The van der Waals surface area contributed by atoms with Crippen molar-refractivity contribution in [2.24, 2.45) is 0 Å². The van der Waals surface area contributed by atoms with Crippen molar-refractivity contribution >= 4 is 21.8 Å². The monoisotopic (exact) mass is 451 g/mol. The van der Waals surface area contributed by atoms with Crippen LogP contribution in [0.3, 0.4) is 0 Å². The van der Waals surface area contributed by atoms with Gasteiger partial charge in [0, 0.05) is 10.8 Å². The van der Waals surface area contributed by atoms with Crippen LogP contribution in [0.2, 0.25) is 0 Å². The molecule has 1 heterocycles. The first-order valence-corrected chi connectivity index (χ1v) is 12.3. The third-order valence-electron chi connectivity index (χ3n) is 7.67. The van der Waals surface area contributed by atoms with Gasteiger partial charge in [0.05, 0.1) is 16.7 Å². The quantitative estimate of drug-likeness (QED) is 0.252. The van der Waals surface area contributed by atoms with Crippen molar-refractivity contribution in [3.05, 3.63) is 125 Å². The van der Waals surface area contributed by atoms with Crippen molar-refractivity contribution < 1.29 is 0 Å². The van der Waals surface area contributed by atoms with E-state index in [9.17, 15) is 0 Å². The molecule has 0 aliphatic carbocycles. The Balaban J connectivity index is 1.74. The molecule has 0 fully saturated rings. The Labute approximate surface area is 207 Å². The first-order valence-electron chi connectivity index (χ1n) is 12.3. The van der Waals surface area contributed by atoms with Crippen LogP contribution in [0.25, 0.3) is 49.7 Å². The average molecular weight is 452 g/mol. The van der Waals surface area contributed by atoms with Crippen LogP contribution in [0.4, 0.5) is 0 Å². The lowest BCUT2D eigenvalue weighted by Crippen LogP contribution is -2.06. The zero-order chi connectivity index (χ0) is 24.1. The Morgan fingerprint density at radius 3 is 1.57 bits per heavy atom. The lowest BCUT2D eigenvalue weighted by molar-refractivity contribution is 1.09. The molecule has 1 nitrogen and oxygen atoms in total. The van der Waals surface area contributed by atoms with Gasteiger partial charge in [-0.3, -0.25) is 0 Å². The highest BCUT2D eigenvalue weighted by atomic mass is 15.0. The molecule has 0 atom stereocenters. The summed E-state index contributed by atoms with van der Waals surface area (Å²) in [5.41, 5.74) is 14.3. The lowest BCUT2D eigenvalue weighted by atomic mass is 9.85. The highest BCUT2D eigenvalue weighted by molar-refractivity contribution is 6.09. The van der Waals surface area contributed by atoms with Crippen LogP contribution in [-0.2, 0) is 0 Å². The van der Waals surface area contributed by atoms with E-state index in [-0.39, 0.29) is 0 Å². The van der Waals surface area contributed by atoms with Gasteiger partial charge in [-0.25, -0.2) is 0 Å². The molecule has 1 aromatic heterocycles. The minimum absolute atomic E-state index is 1.25. The van der Waals surface area contributed by atoms with Crippen molar-refractivity contribution in [3.63, 3.8) is 0 Å². The summed E-state index contributed by atoms with van der Waals surface area (Å²) in [6.45, 7) is 9.13. The summed E-state index contributed by atoms with van der Waals surface area (Å²) in [5, 5.41) is 2.60. The molecule has 0 unspecified atom stereocenters. The Kier molecular flexibility index (Phi) is 5.07. The normalized spacial score (nSPS) is 11.4. The van der Waals surface area contributed by atoms with E-state index in [0.29, 0.717) is 0 Å². The van der Waals surface area contributed by atoms with Gasteiger partial charge in [-0.2, -0.15) is 0 Å². The molecule has 1 heteroatoms. The van der Waals surface area contributed by atoms with E-state index in [2.05, 4.69) is 135 Å². The van der Waals surface area contributed by atoms with Gasteiger partial charge in [-0.15, -0.1) is 0 Å². The van der Waals surface area contributed by atoms with E-state index < -0.39 is 0 Å². The number of fused-ring (bicyclic) bond motifs is 3. The predicted octanol–water partition coefficient (Wildman–Crippen LogP) is 9.35. The molecule has 0 aliphatic rings. The van der Waals surface area contributed by atoms with Gasteiger partial charge in [0.2, 0.25) is 0 Å². The van der Waals surface area contributed by atoms with Crippen LogP contribution >= 0.6 is 0 Å². The van der Waals surface area contributed by atoms with Crippen LogP contribution in [0.5, 0.6) is 0 Å². The maximum Gasteiger partial charge on any atom is 0.0541 e. The van der Waals surface area contributed by atoms with Crippen LogP contribution in [0.1, 0.15) is 22.3 Å². The number of benzene rings is 5. The van der Waals surface area contributed by atoms with Crippen LogP contribution in [-0.4, -0.2) is 4.57 Å². The summed E-state index contributed by atoms with van der Waals surface area (Å²) in [6.07, 6.45) is 0. The van der Waals surface area contributed by atoms with E-state index in [4.69, 9.17) is 0 Å². The maximum absolute atomic E-state index is 2.48. The maximum atomic E-state index is 2.48. The SMILES string of the molecule is Cc1c(C)c(-c2ccccc2-c2ccccc2)c(C)c(-n2c3ccccc3c3ccccc32)c1C. The van der Waals surface area contributed by atoms with Crippen molar-refractivity contribution in [2.75, 3.05) is 0 Å². The standard InChI is InChI=1S/C34H29N/c1-22-23(2)33(30-19-9-8-16-27(30)26-14-6-5-7-15-26)25(4)34(24(22)3)35-31-20-12-10-17-28(31)29-18-11-13-21-32(29)35/h5-21H,1-4H3. The number of aromatic nitrogens is 1. The molecular formula is C34H29N. The van der Waals surface area contributed by atoms with Gasteiger partial charge in [0.25, 0.3) is 0 Å². The van der Waals surface area contributed by atoms with Crippen molar-refractivity contribution in [1.29, 1.82) is 0 Å². The summed E-state index contributed by atoms with van der Waals surface area (Å²) in [5.74, 6) is 0. The predicted molar refractivity (Wildman–Crippen MR) is 151 cm³/mol. The molecule has 0 aliphatic heterocycles. The highest BCUT2D eigenvalue weighted by Gasteiger charge is 2.22. The second kappa shape index (κ2) is 8.29. The molecule has 6 aromatic rings. The fraction of sp³-hybridized carbons (Fsp3) is 0.118. The van der Waals surface area contributed by atoms with E-state index >= 15 is 0 Å². The summed E-state index contributed by atoms with van der Waals surface area (Å²) < 4.78 is 2.48. The van der Waals surface area contributed by atoms with Gasteiger partial charge in [0.15, 0.2) is 0 Å². The third kappa shape index (κ3) is 3.23. The molecule has 0 spiro atoms. The Morgan fingerprint density at radius 1 is 0.429 bits per heavy atom. The zero-order valence-electron chi connectivity index (χ0n) is 20.8. The molecular weight excluding hydrogens is 422 g/mol. The van der Waals surface area contributed by atoms with Gasteiger partial charge >= 0.3 is 0 Å². The average Bonchev–Trinajstić information content (AvgIpc) is 3.23. The molecule has 5 aromatic carbocycles. The Bertz CT molecular complexity index is 1660. The fourth-order valence-corrected chi connectivity index (χ4v) is 5.80. The number of hydrogen-bond acceptors (Lipinski definition) is 0. The molecule has 0 radical (unpaired) electrons. The van der Waals surface area contributed by atoms with Gasteiger partial charge < -0.3 is 4.57 Å². The third-order valence-corrected chi connectivity index (χ3v) is 7.67. The second-order valence-electron chi connectivity index (χ2n) is 9.50. The fourth-order valence-electron chi connectivity index (χ4n) is 5.80. The minimum atomic E-state index is 1.25. The first kappa shape index (κ1) is 21.4. The summed E-state index contributed by atoms with van der Waals surface area (Å²) in [7, 11) is 0. The summed E-state index contributed by atoms with van der Waals surface area (Å²) >= 11 is 0. The Morgan fingerprint density at radius 2 is 0.943 bits per heavy atom. The zero-order valence-corrected chi connectivity index (χ0v) is 20.8. The number of hydrogen-bond donors (Lipinski definition) is 0. The van der Waals surface area contributed by atoms with Crippen LogP contribution in [0, 0.1) is 27.7 Å². The summed E-state index contributed by atoms with van der Waals surface area (Å²) in [6, 6.07) is 37.1. The van der Waals surface area contributed by atoms with Gasteiger partial charge in [-0.05, 0) is 84.3 Å². The highest BCUT2D eigenvalue weighted by Crippen LogP contribution is 2.43. The molecule has 35 heavy (non-hydrogen) atoms. The number of para-hydroxylation sites is 2. The van der Waals surface area contributed by atoms with Gasteiger partial charge in [-0.1, -0.05) is 91.0 Å². The largest absolute Gasteiger partial charge is 0.309 e. The first-order chi connectivity index (χ1) is 17.1. The van der Waals surface area contributed by atoms with Gasteiger partial charge in [0.1, 0.15) is 0 Å². The molecule has 0 amide bonds.